The van der Waals surface area contributed by atoms with E-state index in [9.17, 15) is 0 Å². The van der Waals surface area contributed by atoms with Crippen LogP contribution in [0.3, 0.4) is 0 Å². The Morgan fingerprint density at radius 1 is 1.19 bits per heavy atom. The van der Waals surface area contributed by atoms with Crippen LogP contribution in [0.15, 0.2) is 36.7 Å². The quantitative estimate of drug-likeness (QED) is 0.753. The number of nitrogens with zero attached hydrogens (tertiary/aromatic N) is 2. The number of rotatable bonds is 8. The van der Waals surface area contributed by atoms with Gasteiger partial charge in [0, 0.05) is 11.2 Å². The molecule has 0 bridgehead atoms. The molecule has 0 amide bonds. The smallest absolute Gasteiger partial charge is 0.0659 e. The fourth-order valence-corrected chi connectivity index (χ4v) is 2.33. The molecule has 2 rings (SSSR count). The summed E-state index contributed by atoms with van der Waals surface area (Å²) in [5, 5.41) is 8.66. The maximum absolute atomic E-state index is 5.89. The van der Waals surface area contributed by atoms with Crippen molar-refractivity contribution in [2.24, 2.45) is 5.92 Å². The normalized spacial score (nSPS) is 11.2. The van der Waals surface area contributed by atoms with Gasteiger partial charge in [0.2, 0.25) is 0 Å². The van der Waals surface area contributed by atoms with Crippen LogP contribution in [0.25, 0.3) is 0 Å². The highest BCUT2D eigenvalue weighted by atomic mass is 35.5. The van der Waals surface area contributed by atoms with Gasteiger partial charge in [-0.15, -0.1) is 0 Å². The summed E-state index contributed by atoms with van der Waals surface area (Å²) in [6.07, 6.45) is 6.33. The Balaban J connectivity index is 1.75. The van der Waals surface area contributed by atoms with E-state index in [-0.39, 0.29) is 0 Å². The second-order valence-corrected chi connectivity index (χ2v) is 6.31. The first-order chi connectivity index (χ1) is 10.1. The zero-order valence-corrected chi connectivity index (χ0v) is 13.6. The van der Waals surface area contributed by atoms with E-state index in [1.165, 1.54) is 11.1 Å². The number of hydrogen-bond donors (Lipinski definition) is 1. The lowest BCUT2D eigenvalue weighted by molar-refractivity contribution is 0.543. The average Bonchev–Trinajstić information content (AvgIpc) is 2.88. The fourth-order valence-electron chi connectivity index (χ4n) is 2.21. The van der Waals surface area contributed by atoms with E-state index in [1.807, 2.05) is 35.1 Å². The van der Waals surface area contributed by atoms with E-state index in [0.717, 1.165) is 37.5 Å². The SMILES string of the molecule is CC(C)CNCCCc1cnn(Cc2ccc(Cl)cc2)c1. The first-order valence-electron chi connectivity index (χ1n) is 7.60. The molecule has 0 saturated carbocycles. The molecule has 21 heavy (non-hydrogen) atoms. The molecular formula is C17H24ClN3. The van der Waals surface area contributed by atoms with Gasteiger partial charge in [-0.25, -0.2) is 0 Å². The molecule has 3 nitrogen and oxygen atoms in total. The zero-order valence-electron chi connectivity index (χ0n) is 12.8. The summed E-state index contributed by atoms with van der Waals surface area (Å²) in [5.41, 5.74) is 2.52. The van der Waals surface area contributed by atoms with Gasteiger partial charge in [0.05, 0.1) is 12.7 Å². The Morgan fingerprint density at radius 3 is 2.67 bits per heavy atom. The van der Waals surface area contributed by atoms with Crippen molar-refractivity contribution < 1.29 is 0 Å². The first-order valence-corrected chi connectivity index (χ1v) is 7.98. The van der Waals surface area contributed by atoms with Crippen LogP contribution in [0.2, 0.25) is 5.02 Å². The van der Waals surface area contributed by atoms with E-state index in [0.29, 0.717) is 5.92 Å². The lowest BCUT2D eigenvalue weighted by atomic mass is 10.2. The summed E-state index contributed by atoms with van der Waals surface area (Å²) in [4.78, 5) is 0. The molecule has 0 aliphatic carbocycles. The Morgan fingerprint density at radius 2 is 1.95 bits per heavy atom. The van der Waals surface area contributed by atoms with Crippen molar-refractivity contribution in [2.45, 2.75) is 33.2 Å². The van der Waals surface area contributed by atoms with E-state index < -0.39 is 0 Å². The van der Waals surface area contributed by atoms with Crippen LogP contribution in [0, 0.1) is 5.92 Å². The van der Waals surface area contributed by atoms with Gasteiger partial charge in [-0.2, -0.15) is 5.10 Å². The van der Waals surface area contributed by atoms with Crippen molar-refractivity contribution in [3.8, 4) is 0 Å². The van der Waals surface area contributed by atoms with Gasteiger partial charge < -0.3 is 5.32 Å². The first kappa shape index (κ1) is 16.1. The Labute approximate surface area is 132 Å². The third-order valence-electron chi connectivity index (χ3n) is 3.32. The molecule has 0 radical (unpaired) electrons. The van der Waals surface area contributed by atoms with Crippen LogP contribution in [0.4, 0.5) is 0 Å². The highest BCUT2D eigenvalue weighted by Crippen LogP contribution is 2.11. The van der Waals surface area contributed by atoms with E-state index >= 15 is 0 Å². The summed E-state index contributed by atoms with van der Waals surface area (Å²) >= 11 is 5.89. The number of nitrogens with one attached hydrogen (secondary N) is 1. The predicted octanol–water partition coefficient (Wildman–Crippen LogP) is 3.76. The van der Waals surface area contributed by atoms with Crippen LogP contribution in [0.5, 0.6) is 0 Å². The molecule has 1 heterocycles. The van der Waals surface area contributed by atoms with Crippen molar-refractivity contribution in [2.75, 3.05) is 13.1 Å². The molecule has 114 valence electrons. The Hall–Kier alpha value is -1.32. The van der Waals surface area contributed by atoms with Gasteiger partial charge in [0.25, 0.3) is 0 Å². The second kappa shape index (κ2) is 8.20. The standard InChI is InChI=1S/C17H24ClN3/c1-14(2)10-19-9-3-4-16-11-20-21(13-16)12-15-5-7-17(18)8-6-15/h5-8,11,13-14,19H,3-4,9-10,12H2,1-2H3. The molecule has 0 spiro atoms. The van der Waals surface area contributed by atoms with Crippen molar-refractivity contribution in [3.05, 3.63) is 52.8 Å². The minimum absolute atomic E-state index is 0.715. The molecule has 0 atom stereocenters. The molecular weight excluding hydrogens is 282 g/mol. The molecule has 2 aromatic rings. The van der Waals surface area contributed by atoms with Crippen LogP contribution in [-0.4, -0.2) is 22.9 Å². The molecule has 1 aromatic heterocycles. The van der Waals surface area contributed by atoms with E-state index in [2.05, 4.69) is 30.5 Å². The number of benzene rings is 1. The lowest BCUT2D eigenvalue weighted by Gasteiger charge is -2.06. The number of hydrogen-bond acceptors (Lipinski definition) is 2. The van der Waals surface area contributed by atoms with Gasteiger partial charge in [-0.1, -0.05) is 37.6 Å². The third kappa shape index (κ3) is 5.90. The highest BCUT2D eigenvalue weighted by Gasteiger charge is 2.01. The number of aryl methyl sites for hydroxylation is 1. The third-order valence-corrected chi connectivity index (χ3v) is 3.57. The minimum Gasteiger partial charge on any atom is -0.316 e. The molecule has 0 aliphatic heterocycles. The lowest BCUT2D eigenvalue weighted by Crippen LogP contribution is -2.20. The summed E-state index contributed by atoms with van der Waals surface area (Å²) < 4.78 is 1.99. The number of aromatic nitrogens is 2. The van der Waals surface area contributed by atoms with Crippen LogP contribution < -0.4 is 5.32 Å². The highest BCUT2D eigenvalue weighted by molar-refractivity contribution is 6.30. The van der Waals surface area contributed by atoms with Crippen molar-refractivity contribution in [3.63, 3.8) is 0 Å². The molecule has 1 N–H and O–H groups in total. The fraction of sp³-hybridized carbons (Fsp3) is 0.471. The number of halogens is 1. The van der Waals surface area contributed by atoms with Crippen molar-refractivity contribution in [1.29, 1.82) is 0 Å². The maximum Gasteiger partial charge on any atom is 0.0659 e. The Kier molecular flexibility index (Phi) is 6.27. The monoisotopic (exact) mass is 305 g/mol. The van der Waals surface area contributed by atoms with Crippen LogP contribution in [-0.2, 0) is 13.0 Å². The Bertz CT molecular complexity index is 531. The van der Waals surface area contributed by atoms with E-state index in [4.69, 9.17) is 11.6 Å². The predicted molar refractivity (Wildman–Crippen MR) is 88.8 cm³/mol. The zero-order chi connectivity index (χ0) is 15.1. The summed E-state index contributed by atoms with van der Waals surface area (Å²) in [6, 6.07) is 7.92. The van der Waals surface area contributed by atoms with Gasteiger partial charge in [0.1, 0.15) is 0 Å². The average molecular weight is 306 g/mol. The summed E-state index contributed by atoms with van der Waals surface area (Å²) in [7, 11) is 0. The molecule has 0 saturated heterocycles. The second-order valence-electron chi connectivity index (χ2n) is 5.87. The maximum atomic E-state index is 5.89. The largest absolute Gasteiger partial charge is 0.316 e. The van der Waals surface area contributed by atoms with Gasteiger partial charge >= 0.3 is 0 Å². The molecule has 1 aromatic carbocycles. The molecule has 0 fully saturated rings. The van der Waals surface area contributed by atoms with Gasteiger partial charge in [0.15, 0.2) is 0 Å². The van der Waals surface area contributed by atoms with Crippen LogP contribution in [0.1, 0.15) is 31.4 Å². The topological polar surface area (TPSA) is 29.9 Å². The van der Waals surface area contributed by atoms with E-state index in [1.54, 1.807) is 0 Å². The molecule has 4 heteroatoms. The van der Waals surface area contributed by atoms with Crippen molar-refractivity contribution >= 4 is 11.6 Å². The van der Waals surface area contributed by atoms with Gasteiger partial charge in [-0.05, 0) is 55.1 Å². The van der Waals surface area contributed by atoms with Gasteiger partial charge in [-0.3, -0.25) is 4.68 Å². The molecule has 0 unspecified atom stereocenters. The van der Waals surface area contributed by atoms with Crippen molar-refractivity contribution in [1.82, 2.24) is 15.1 Å². The van der Waals surface area contributed by atoms with Crippen LogP contribution >= 0.6 is 11.6 Å². The minimum atomic E-state index is 0.715. The summed E-state index contributed by atoms with van der Waals surface area (Å²) in [5.74, 6) is 0.715. The molecule has 0 aliphatic rings. The summed E-state index contributed by atoms with van der Waals surface area (Å²) in [6.45, 7) is 7.42.